The van der Waals surface area contributed by atoms with E-state index in [0.717, 1.165) is 108 Å². The highest BCUT2D eigenvalue weighted by Crippen LogP contribution is 2.45. The molecule has 0 aromatic rings. The Morgan fingerprint density at radius 3 is 0.687 bits per heavy atom. The topological polar surface area (TPSA) is 237 Å². The molecule has 0 aromatic heterocycles. The number of hydrogen-bond acceptors (Lipinski definition) is 15. The molecule has 0 aliphatic rings. The zero-order chi connectivity index (χ0) is 73.0. The quantitative estimate of drug-likeness (QED) is 0.0222. The number of aliphatic hydroxyl groups excluding tert-OH is 1. The number of carbonyl (C=O) groups excluding carboxylic acids is 4. The van der Waals surface area contributed by atoms with E-state index in [1.54, 1.807) is 0 Å². The highest BCUT2D eigenvalue weighted by Gasteiger charge is 2.30. The lowest BCUT2D eigenvalue weighted by atomic mass is 10.0. The summed E-state index contributed by atoms with van der Waals surface area (Å²) in [6.45, 7) is 11.9. The van der Waals surface area contributed by atoms with Crippen LogP contribution in [0.25, 0.3) is 0 Å². The standard InChI is InChI=1S/C80H156O17P2/c1-8-9-10-11-12-13-14-15-16-17-18-19-20-21-22-27-33-42-49-56-63-79(84)96-75(67-90-77(82)61-54-47-40-32-28-23-25-30-37-44-51-58-71(2)3)69-94-98(86,87)92-65-74(81)66-93-99(88,89)95-70-76(68-91-78(83)62-55-48-41-36-35-39-46-53-60-73(6)7)97-80(85)64-57-50-43-34-29-24-26-31-38-45-52-59-72(4)5/h71-76,81H,8-70H2,1-7H3,(H,86,87)(H,88,89)/t74-,75-,76-/m1/s1. The highest BCUT2D eigenvalue weighted by molar-refractivity contribution is 7.47. The van der Waals surface area contributed by atoms with E-state index in [0.29, 0.717) is 25.7 Å². The van der Waals surface area contributed by atoms with Crippen LogP contribution >= 0.6 is 15.6 Å². The molecule has 0 amide bonds. The largest absolute Gasteiger partial charge is 0.472 e. The lowest BCUT2D eigenvalue weighted by Gasteiger charge is -2.21. The minimum absolute atomic E-state index is 0.106. The van der Waals surface area contributed by atoms with Crippen LogP contribution in [-0.2, 0) is 65.4 Å². The lowest BCUT2D eigenvalue weighted by molar-refractivity contribution is -0.161. The minimum atomic E-state index is -4.96. The van der Waals surface area contributed by atoms with Crippen molar-refractivity contribution in [3.05, 3.63) is 0 Å². The number of ether oxygens (including phenoxy) is 4. The number of carbonyl (C=O) groups is 4. The van der Waals surface area contributed by atoms with Crippen LogP contribution in [0.3, 0.4) is 0 Å². The van der Waals surface area contributed by atoms with Crippen LogP contribution in [0.2, 0.25) is 0 Å². The average Bonchev–Trinajstić information content (AvgIpc) is 1.45. The van der Waals surface area contributed by atoms with Crippen LogP contribution in [-0.4, -0.2) is 96.7 Å². The molecular weight excluding hydrogens is 1290 g/mol. The fraction of sp³-hybridized carbons (Fsp3) is 0.950. The summed E-state index contributed by atoms with van der Waals surface area (Å²) in [5, 5.41) is 10.6. The summed E-state index contributed by atoms with van der Waals surface area (Å²) in [5.41, 5.74) is 0. The summed E-state index contributed by atoms with van der Waals surface area (Å²) in [7, 11) is -9.92. The predicted molar refractivity (Wildman–Crippen MR) is 405 cm³/mol. The number of rotatable bonds is 78. The van der Waals surface area contributed by atoms with Gasteiger partial charge >= 0.3 is 39.5 Å². The van der Waals surface area contributed by atoms with Crippen molar-refractivity contribution < 1.29 is 80.2 Å². The van der Waals surface area contributed by atoms with Gasteiger partial charge in [0.1, 0.15) is 19.3 Å². The van der Waals surface area contributed by atoms with E-state index < -0.39 is 97.5 Å². The fourth-order valence-corrected chi connectivity index (χ4v) is 13.9. The van der Waals surface area contributed by atoms with E-state index in [4.69, 9.17) is 37.0 Å². The average molecular weight is 1450 g/mol. The zero-order valence-electron chi connectivity index (χ0n) is 65.0. The van der Waals surface area contributed by atoms with Gasteiger partial charge in [0.05, 0.1) is 26.4 Å². The Morgan fingerprint density at radius 1 is 0.273 bits per heavy atom. The Kier molecular flexibility index (Phi) is 69.0. The van der Waals surface area contributed by atoms with Crippen molar-refractivity contribution in [1.29, 1.82) is 0 Å². The van der Waals surface area contributed by atoms with Gasteiger partial charge in [-0.15, -0.1) is 0 Å². The molecule has 0 aliphatic heterocycles. The first kappa shape index (κ1) is 97.1. The summed E-state index contributed by atoms with van der Waals surface area (Å²) in [6.07, 6.45) is 58.3. The predicted octanol–water partition coefficient (Wildman–Crippen LogP) is 23.7. The molecule has 17 nitrogen and oxygen atoms in total. The molecule has 588 valence electrons. The Morgan fingerprint density at radius 2 is 0.465 bits per heavy atom. The number of esters is 4. The fourth-order valence-electron chi connectivity index (χ4n) is 12.3. The van der Waals surface area contributed by atoms with Crippen molar-refractivity contribution in [2.75, 3.05) is 39.6 Å². The Hall–Kier alpha value is -1.94. The van der Waals surface area contributed by atoms with Gasteiger partial charge in [-0.25, -0.2) is 9.13 Å². The number of phosphoric acid groups is 2. The zero-order valence-corrected chi connectivity index (χ0v) is 66.8. The van der Waals surface area contributed by atoms with Crippen molar-refractivity contribution in [2.24, 2.45) is 17.8 Å². The molecule has 2 unspecified atom stereocenters. The van der Waals surface area contributed by atoms with E-state index in [1.165, 1.54) is 225 Å². The Balaban J connectivity index is 5.24. The molecule has 0 saturated heterocycles. The highest BCUT2D eigenvalue weighted by atomic mass is 31.2. The molecule has 19 heteroatoms. The van der Waals surface area contributed by atoms with Gasteiger partial charge in [-0.05, 0) is 43.4 Å². The lowest BCUT2D eigenvalue weighted by Crippen LogP contribution is -2.30. The van der Waals surface area contributed by atoms with Crippen LogP contribution in [0.15, 0.2) is 0 Å². The molecule has 0 radical (unpaired) electrons. The van der Waals surface area contributed by atoms with Crippen LogP contribution in [0, 0.1) is 17.8 Å². The SMILES string of the molecule is CCCCCCCCCCCCCCCCCCCCCCC(=O)O[C@H](COC(=O)CCCCCCCCCCCCCC(C)C)COP(=O)(O)OC[C@@H](O)COP(=O)(O)OC[C@@H](COC(=O)CCCCCCCCCCC(C)C)OC(=O)CCCCCCCCCCCCCC(C)C. The van der Waals surface area contributed by atoms with Gasteiger partial charge in [0, 0.05) is 25.7 Å². The summed E-state index contributed by atoms with van der Waals surface area (Å²) in [6, 6.07) is 0. The second-order valence-corrected chi connectivity index (χ2v) is 33.1. The van der Waals surface area contributed by atoms with Crippen molar-refractivity contribution in [3.63, 3.8) is 0 Å². The molecule has 0 aromatic carbocycles. The van der Waals surface area contributed by atoms with E-state index in [2.05, 4.69) is 48.5 Å². The van der Waals surface area contributed by atoms with Gasteiger partial charge in [-0.1, -0.05) is 363 Å². The van der Waals surface area contributed by atoms with Gasteiger partial charge in [0.25, 0.3) is 0 Å². The van der Waals surface area contributed by atoms with E-state index in [1.807, 2.05) is 0 Å². The maximum atomic E-state index is 13.1. The number of unbranched alkanes of at least 4 members (excludes halogenated alkanes) is 46. The number of aliphatic hydroxyl groups is 1. The first-order chi connectivity index (χ1) is 47.7. The Bertz CT molecular complexity index is 1920. The van der Waals surface area contributed by atoms with Crippen LogP contribution in [0.5, 0.6) is 0 Å². The maximum Gasteiger partial charge on any atom is 0.472 e. The van der Waals surface area contributed by atoms with Crippen molar-refractivity contribution in [2.45, 2.75) is 433 Å². The molecule has 0 heterocycles. The summed E-state index contributed by atoms with van der Waals surface area (Å²) < 4.78 is 68.7. The van der Waals surface area contributed by atoms with Crippen molar-refractivity contribution >= 4 is 39.5 Å². The molecule has 3 N–H and O–H groups in total. The van der Waals surface area contributed by atoms with E-state index in [-0.39, 0.29) is 25.7 Å². The second kappa shape index (κ2) is 70.4. The molecule has 0 fully saturated rings. The normalized spacial score (nSPS) is 14.0. The Labute approximate surface area is 607 Å². The van der Waals surface area contributed by atoms with Crippen molar-refractivity contribution in [1.82, 2.24) is 0 Å². The van der Waals surface area contributed by atoms with Crippen LogP contribution in [0.1, 0.15) is 414 Å². The third-order valence-corrected chi connectivity index (χ3v) is 20.5. The first-order valence-corrected chi connectivity index (χ1v) is 44.3. The summed E-state index contributed by atoms with van der Waals surface area (Å²) >= 11 is 0. The molecule has 0 spiro atoms. The molecule has 0 saturated carbocycles. The third-order valence-electron chi connectivity index (χ3n) is 18.6. The van der Waals surface area contributed by atoms with E-state index >= 15 is 0 Å². The maximum absolute atomic E-state index is 13.1. The summed E-state index contributed by atoms with van der Waals surface area (Å²) in [5.74, 6) is 0.149. The second-order valence-electron chi connectivity index (χ2n) is 30.2. The number of phosphoric ester groups is 2. The molecule has 0 rings (SSSR count). The monoisotopic (exact) mass is 1450 g/mol. The molecule has 99 heavy (non-hydrogen) atoms. The smallest absolute Gasteiger partial charge is 0.462 e. The van der Waals surface area contributed by atoms with Gasteiger partial charge < -0.3 is 33.8 Å². The minimum Gasteiger partial charge on any atom is -0.462 e. The van der Waals surface area contributed by atoms with Gasteiger partial charge in [-0.2, -0.15) is 0 Å². The van der Waals surface area contributed by atoms with Crippen molar-refractivity contribution in [3.8, 4) is 0 Å². The van der Waals surface area contributed by atoms with Crippen LogP contribution in [0.4, 0.5) is 0 Å². The summed E-state index contributed by atoms with van der Waals surface area (Å²) in [4.78, 5) is 73.0. The first-order valence-electron chi connectivity index (χ1n) is 41.3. The van der Waals surface area contributed by atoms with Gasteiger partial charge in [0.15, 0.2) is 12.2 Å². The van der Waals surface area contributed by atoms with Gasteiger partial charge in [0.2, 0.25) is 0 Å². The van der Waals surface area contributed by atoms with Gasteiger partial charge in [-0.3, -0.25) is 37.3 Å². The third kappa shape index (κ3) is 74.1. The van der Waals surface area contributed by atoms with Crippen LogP contribution < -0.4 is 0 Å². The molecule has 0 bridgehead atoms. The van der Waals surface area contributed by atoms with E-state index in [9.17, 15) is 43.2 Å². The molecule has 5 atom stereocenters. The number of hydrogen-bond donors (Lipinski definition) is 3. The molecule has 0 aliphatic carbocycles. The molecular formula is C80H156O17P2.